The maximum atomic E-state index is 6.25. The van der Waals surface area contributed by atoms with Crippen molar-refractivity contribution in [2.45, 2.75) is 23.4 Å². The molecule has 3 aromatic rings. The van der Waals surface area contributed by atoms with Gasteiger partial charge < -0.3 is 4.74 Å². The highest BCUT2D eigenvalue weighted by molar-refractivity contribution is 7.98. The summed E-state index contributed by atoms with van der Waals surface area (Å²) in [4.78, 5) is 4.84. The van der Waals surface area contributed by atoms with Crippen molar-refractivity contribution in [3.05, 3.63) is 77.3 Å². The first-order valence-corrected chi connectivity index (χ1v) is 9.87. The molecule has 132 valence electrons. The molecule has 0 saturated heterocycles. The molecule has 0 radical (unpaired) electrons. The summed E-state index contributed by atoms with van der Waals surface area (Å²) < 4.78 is 7.61. The lowest BCUT2D eigenvalue weighted by molar-refractivity contribution is 0.143. The first-order chi connectivity index (χ1) is 12.7. The summed E-state index contributed by atoms with van der Waals surface area (Å²) in [5, 5.41) is 1.69. The Labute approximate surface area is 162 Å². The van der Waals surface area contributed by atoms with Crippen LogP contribution in [0.2, 0.25) is 5.02 Å². The van der Waals surface area contributed by atoms with E-state index in [0.29, 0.717) is 5.02 Å². The lowest BCUT2D eigenvalue weighted by Gasteiger charge is -2.17. The third-order valence-corrected chi connectivity index (χ3v) is 5.64. The number of thioether (sulfide) groups is 1. The van der Waals surface area contributed by atoms with Gasteiger partial charge in [0.25, 0.3) is 0 Å². The van der Waals surface area contributed by atoms with E-state index < -0.39 is 0 Å². The van der Waals surface area contributed by atoms with E-state index in [1.807, 2.05) is 24.3 Å². The fourth-order valence-corrected chi connectivity index (χ4v) is 4.18. The minimum absolute atomic E-state index is 0.137. The molecule has 1 aromatic heterocycles. The van der Waals surface area contributed by atoms with Gasteiger partial charge >= 0.3 is 0 Å². The van der Waals surface area contributed by atoms with Crippen LogP contribution in [0, 0.1) is 0 Å². The molecular weight excluding hydrogens is 364 g/mol. The minimum atomic E-state index is 0.137. The van der Waals surface area contributed by atoms with Crippen LogP contribution in [0.5, 0.6) is 0 Å². The van der Waals surface area contributed by atoms with Gasteiger partial charge in [0, 0.05) is 23.6 Å². The Hall–Kier alpha value is -2.01. The molecular formula is C21H19ClN2OS. The summed E-state index contributed by atoms with van der Waals surface area (Å²) in [5.74, 6) is 0.871. The summed E-state index contributed by atoms with van der Waals surface area (Å²) >= 11 is 7.99. The number of methoxy groups -OCH3 is 1. The van der Waals surface area contributed by atoms with Crippen molar-refractivity contribution in [3.8, 4) is 0 Å². The first-order valence-electron chi connectivity index (χ1n) is 8.51. The van der Waals surface area contributed by atoms with Crippen LogP contribution < -0.4 is 0 Å². The minimum Gasteiger partial charge on any atom is -0.377 e. The zero-order chi connectivity index (χ0) is 17.9. The summed E-state index contributed by atoms with van der Waals surface area (Å²) in [6.07, 6.45) is 7.38. The molecule has 1 atom stereocenters. The fourth-order valence-electron chi connectivity index (χ4n) is 3.02. The van der Waals surface area contributed by atoms with Crippen molar-refractivity contribution in [3.63, 3.8) is 0 Å². The van der Waals surface area contributed by atoms with Crippen molar-refractivity contribution in [2.75, 3.05) is 7.11 Å². The summed E-state index contributed by atoms with van der Waals surface area (Å²) in [6.45, 7) is 0. The molecule has 0 spiro atoms. The summed E-state index contributed by atoms with van der Waals surface area (Å²) in [5.41, 5.74) is 4.37. The Kier molecular flexibility index (Phi) is 5.16. The second-order valence-corrected chi connectivity index (χ2v) is 7.51. The van der Waals surface area contributed by atoms with Crippen LogP contribution in [0.1, 0.15) is 12.0 Å². The average Bonchev–Trinajstić information content (AvgIpc) is 3.04. The first kappa shape index (κ1) is 17.4. The topological polar surface area (TPSA) is 27.1 Å². The summed E-state index contributed by atoms with van der Waals surface area (Å²) in [7, 11) is 1.74. The molecule has 2 aromatic carbocycles. The Balaban J connectivity index is 1.72. The largest absolute Gasteiger partial charge is 0.377 e. The molecule has 1 unspecified atom stereocenters. The number of benzene rings is 2. The van der Waals surface area contributed by atoms with E-state index >= 15 is 0 Å². The van der Waals surface area contributed by atoms with Gasteiger partial charge in [-0.15, -0.1) is 0 Å². The maximum absolute atomic E-state index is 6.25. The number of hydrogen-bond donors (Lipinski definition) is 0. The van der Waals surface area contributed by atoms with Gasteiger partial charge in [-0.2, -0.15) is 0 Å². The van der Waals surface area contributed by atoms with Crippen LogP contribution >= 0.6 is 23.4 Å². The summed E-state index contributed by atoms with van der Waals surface area (Å²) in [6, 6.07) is 16.3. The van der Waals surface area contributed by atoms with Gasteiger partial charge in [0.2, 0.25) is 0 Å². The Morgan fingerprint density at radius 1 is 1.23 bits per heavy atom. The van der Waals surface area contributed by atoms with Gasteiger partial charge in [-0.1, -0.05) is 65.8 Å². The van der Waals surface area contributed by atoms with Crippen molar-refractivity contribution in [1.82, 2.24) is 9.55 Å². The van der Waals surface area contributed by atoms with Gasteiger partial charge in [-0.05, 0) is 36.3 Å². The molecule has 4 rings (SSSR count). The van der Waals surface area contributed by atoms with Crippen LogP contribution in [0.4, 0.5) is 0 Å². The lowest BCUT2D eigenvalue weighted by atomic mass is 10.1. The smallest absolute Gasteiger partial charge is 0.174 e. The molecule has 1 heterocycles. The Morgan fingerprint density at radius 3 is 2.81 bits per heavy atom. The number of allylic oxidation sites excluding steroid dienone is 2. The molecule has 0 amide bonds. The normalized spacial score (nSPS) is 16.8. The maximum Gasteiger partial charge on any atom is 0.174 e. The number of aromatic nitrogens is 2. The second-order valence-electron chi connectivity index (χ2n) is 6.14. The number of nitrogens with zero attached hydrogens (tertiary/aromatic N) is 2. The van der Waals surface area contributed by atoms with E-state index in [1.54, 1.807) is 18.9 Å². The zero-order valence-electron chi connectivity index (χ0n) is 14.4. The van der Waals surface area contributed by atoms with Crippen LogP contribution in [-0.2, 0) is 10.5 Å². The number of rotatable bonds is 5. The molecule has 0 N–H and O–H groups in total. The molecule has 5 heteroatoms. The number of halogens is 1. The van der Waals surface area contributed by atoms with Crippen LogP contribution in [-0.4, -0.2) is 22.8 Å². The molecule has 0 fully saturated rings. The molecule has 3 nitrogen and oxygen atoms in total. The molecule has 0 saturated carbocycles. The van der Waals surface area contributed by atoms with E-state index in [2.05, 4.69) is 47.1 Å². The van der Waals surface area contributed by atoms with Crippen LogP contribution in [0.25, 0.3) is 16.7 Å². The van der Waals surface area contributed by atoms with Gasteiger partial charge in [-0.3, -0.25) is 4.57 Å². The van der Waals surface area contributed by atoms with Gasteiger partial charge in [0.15, 0.2) is 5.16 Å². The highest BCUT2D eigenvalue weighted by atomic mass is 35.5. The third kappa shape index (κ3) is 3.58. The highest BCUT2D eigenvalue weighted by Crippen LogP contribution is 2.32. The molecule has 1 aliphatic rings. The van der Waals surface area contributed by atoms with Crippen LogP contribution in [0.3, 0.4) is 0 Å². The number of fused-ring (bicyclic) bond motifs is 1. The van der Waals surface area contributed by atoms with Crippen molar-refractivity contribution >= 4 is 40.1 Å². The number of imidazole rings is 1. The predicted molar refractivity (Wildman–Crippen MR) is 110 cm³/mol. The molecule has 1 aliphatic carbocycles. The highest BCUT2D eigenvalue weighted by Gasteiger charge is 2.17. The fraction of sp³-hybridized carbons (Fsp3) is 0.190. The Morgan fingerprint density at radius 2 is 2.08 bits per heavy atom. The average molecular weight is 383 g/mol. The van der Waals surface area contributed by atoms with E-state index in [1.165, 1.54) is 5.56 Å². The zero-order valence-corrected chi connectivity index (χ0v) is 16.0. The molecule has 26 heavy (non-hydrogen) atoms. The molecule has 0 bridgehead atoms. The number of ether oxygens (including phenoxy) is 1. The quantitative estimate of drug-likeness (QED) is 0.522. The SMILES string of the molecule is COC1C=CC(n2c(SCc3ccccc3)nc3ccc(Cl)cc32)=CC1. The van der Waals surface area contributed by atoms with E-state index in [9.17, 15) is 0 Å². The molecule has 0 aliphatic heterocycles. The van der Waals surface area contributed by atoms with Gasteiger partial charge in [0.1, 0.15) is 0 Å². The lowest BCUT2D eigenvalue weighted by Crippen LogP contribution is -2.10. The van der Waals surface area contributed by atoms with E-state index in [4.69, 9.17) is 21.3 Å². The monoisotopic (exact) mass is 382 g/mol. The van der Waals surface area contributed by atoms with Gasteiger partial charge in [0.05, 0.1) is 17.1 Å². The Bertz CT molecular complexity index is 978. The van der Waals surface area contributed by atoms with Gasteiger partial charge in [-0.25, -0.2) is 4.98 Å². The third-order valence-electron chi connectivity index (χ3n) is 4.40. The predicted octanol–water partition coefficient (Wildman–Crippen LogP) is 5.80. The van der Waals surface area contributed by atoms with E-state index in [-0.39, 0.29) is 6.10 Å². The van der Waals surface area contributed by atoms with E-state index in [0.717, 1.165) is 34.1 Å². The number of hydrogen-bond acceptors (Lipinski definition) is 3. The van der Waals surface area contributed by atoms with Crippen LogP contribution in [0.15, 0.2) is 71.9 Å². The second kappa shape index (κ2) is 7.70. The van der Waals surface area contributed by atoms with Crippen molar-refractivity contribution < 1.29 is 4.74 Å². The standard InChI is InChI=1S/C21H19ClN2OS/c1-25-18-10-8-17(9-11-18)24-20-13-16(22)7-12-19(20)23-21(24)26-14-15-5-3-2-4-6-15/h2-10,12-13,18H,11,14H2,1H3. The van der Waals surface area contributed by atoms with Crippen molar-refractivity contribution in [1.29, 1.82) is 0 Å². The van der Waals surface area contributed by atoms with Crippen molar-refractivity contribution in [2.24, 2.45) is 0 Å².